The molecule has 2 aliphatic heterocycles. The molecule has 4 amide bonds. The Balaban J connectivity index is 1.23. The van der Waals surface area contributed by atoms with E-state index >= 15 is 0 Å². The average Bonchev–Trinajstić information content (AvgIpc) is 3.48. The number of fused-ring (bicyclic) bond motifs is 1. The van der Waals surface area contributed by atoms with Crippen molar-refractivity contribution < 1.29 is 14.4 Å². The maximum absolute atomic E-state index is 13.0. The van der Waals surface area contributed by atoms with Gasteiger partial charge in [0.25, 0.3) is 5.91 Å². The highest BCUT2D eigenvalue weighted by atomic mass is 16.2. The predicted octanol–water partition coefficient (Wildman–Crippen LogP) is 1.98. The number of aryl methyl sites for hydroxylation is 1. The van der Waals surface area contributed by atoms with Crippen LogP contribution in [0.25, 0.3) is 10.9 Å². The van der Waals surface area contributed by atoms with Crippen molar-refractivity contribution in [1.29, 1.82) is 0 Å². The second-order valence-electron chi connectivity index (χ2n) is 9.21. The standard InChI is InChI=1S/C23H29N5O3/c1-15-14-27(11-12-28(15)18-6-3-16-8-10-26(2)19(16)13-18)20(29)7-9-23(17-4-5-17)21(30)24-22(31)25-23/h3,6,8,10,13,15,17H,4-5,7,9,11-12,14H2,1-2H3,(H2,24,25,30,31)/t15-,23?/m0/s1. The highest BCUT2D eigenvalue weighted by molar-refractivity contribution is 6.07. The lowest BCUT2D eigenvalue weighted by molar-refractivity contribution is -0.133. The fraction of sp³-hybridized carbons (Fsp3) is 0.522. The van der Waals surface area contributed by atoms with Gasteiger partial charge in [-0.05, 0) is 55.7 Å². The van der Waals surface area contributed by atoms with E-state index in [1.165, 1.54) is 16.6 Å². The molecule has 1 unspecified atom stereocenters. The number of aromatic nitrogens is 1. The van der Waals surface area contributed by atoms with E-state index in [9.17, 15) is 14.4 Å². The Hall–Kier alpha value is -3.03. The third-order valence-electron chi connectivity index (χ3n) is 7.16. The lowest BCUT2D eigenvalue weighted by atomic mass is 9.87. The summed E-state index contributed by atoms with van der Waals surface area (Å²) in [5, 5.41) is 6.39. The third-order valence-corrected chi connectivity index (χ3v) is 7.16. The van der Waals surface area contributed by atoms with Crippen molar-refractivity contribution in [3.63, 3.8) is 0 Å². The number of amides is 4. The number of piperazine rings is 1. The van der Waals surface area contributed by atoms with Crippen LogP contribution >= 0.6 is 0 Å². The number of nitrogens with one attached hydrogen (secondary N) is 2. The topological polar surface area (TPSA) is 86.7 Å². The van der Waals surface area contributed by atoms with E-state index in [4.69, 9.17) is 0 Å². The fourth-order valence-corrected chi connectivity index (χ4v) is 5.21. The van der Waals surface area contributed by atoms with Gasteiger partial charge in [0.15, 0.2) is 0 Å². The summed E-state index contributed by atoms with van der Waals surface area (Å²) in [6.07, 6.45) is 4.54. The van der Waals surface area contributed by atoms with Crippen LogP contribution < -0.4 is 15.5 Å². The van der Waals surface area contributed by atoms with E-state index < -0.39 is 11.6 Å². The van der Waals surface area contributed by atoms with Crippen LogP contribution in [0.2, 0.25) is 0 Å². The number of urea groups is 1. The molecule has 3 heterocycles. The highest BCUT2D eigenvalue weighted by Gasteiger charge is 2.55. The summed E-state index contributed by atoms with van der Waals surface area (Å²) in [7, 11) is 2.05. The van der Waals surface area contributed by atoms with Gasteiger partial charge in [-0.15, -0.1) is 0 Å². The molecule has 31 heavy (non-hydrogen) atoms. The van der Waals surface area contributed by atoms with Crippen molar-refractivity contribution >= 4 is 34.4 Å². The van der Waals surface area contributed by atoms with Crippen molar-refractivity contribution in [3.8, 4) is 0 Å². The molecule has 2 saturated heterocycles. The first-order valence-corrected chi connectivity index (χ1v) is 11.1. The minimum Gasteiger partial charge on any atom is -0.365 e. The van der Waals surface area contributed by atoms with Crippen LogP contribution in [0.4, 0.5) is 10.5 Å². The summed E-state index contributed by atoms with van der Waals surface area (Å²) in [6, 6.07) is 8.37. The zero-order valence-electron chi connectivity index (χ0n) is 18.1. The summed E-state index contributed by atoms with van der Waals surface area (Å²) < 4.78 is 2.12. The van der Waals surface area contributed by atoms with Gasteiger partial charge < -0.3 is 19.7 Å². The highest BCUT2D eigenvalue weighted by Crippen LogP contribution is 2.43. The van der Waals surface area contributed by atoms with E-state index in [0.29, 0.717) is 19.5 Å². The predicted molar refractivity (Wildman–Crippen MR) is 118 cm³/mol. The van der Waals surface area contributed by atoms with Crippen molar-refractivity contribution in [3.05, 3.63) is 30.5 Å². The van der Waals surface area contributed by atoms with Gasteiger partial charge in [-0.2, -0.15) is 0 Å². The van der Waals surface area contributed by atoms with Gasteiger partial charge in [0.05, 0.1) is 0 Å². The molecule has 2 N–H and O–H groups in total. The number of imide groups is 1. The van der Waals surface area contributed by atoms with E-state index in [0.717, 1.165) is 19.4 Å². The third kappa shape index (κ3) is 3.43. The molecule has 0 radical (unpaired) electrons. The lowest BCUT2D eigenvalue weighted by Crippen LogP contribution is -2.54. The number of hydrogen-bond acceptors (Lipinski definition) is 4. The van der Waals surface area contributed by atoms with Crippen LogP contribution in [0, 0.1) is 5.92 Å². The first-order valence-electron chi connectivity index (χ1n) is 11.1. The van der Waals surface area contributed by atoms with Crippen LogP contribution in [-0.2, 0) is 16.6 Å². The monoisotopic (exact) mass is 423 g/mol. The van der Waals surface area contributed by atoms with Gasteiger partial charge in [0.1, 0.15) is 5.54 Å². The van der Waals surface area contributed by atoms with Gasteiger partial charge >= 0.3 is 6.03 Å². The zero-order valence-corrected chi connectivity index (χ0v) is 18.1. The Morgan fingerprint density at radius 2 is 2.00 bits per heavy atom. The maximum Gasteiger partial charge on any atom is 0.322 e. The zero-order chi connectivity index (χ0) is 21.8. The molecule has 2 atom stereocenters. The van der Waals surface area contributed by atoms with Gasteiger partial charge in [-0.3, -0.25) is 14.9 Å². The molecule has 0 spiro atoms. The maximum atomic E-state index is 13.0. The lowest BCUT2D eigenvalue weighted by Gasteiger charge is -2.41. The number of rotatable bonds is 5. The molecule has 1 aromatic carbocycles. The molecule has 3 fully saturated rings. The summed E-state index contributed by atoms with van der Waals surface area (Å²) >= 11 is 0. The first kappa shape index (κ1) is 19.9. The number of carbonyl (C=O) groups excluding carboxylic acids is 3. The Morgan fingerprint density at radius 3 is 2.68 bits per heavy atom. The van der Waals surface area contributed by atoms with E-state index in [-0.39, 0.29) is 30.2 Å². The molecular weight excluding hydrogens is 394 g/mol. The molecule has 1 saturated carbocycles. The van der Waals surface area contributed by atoms with Crippen LogP contribution in [0.15, 0.2) is 30.5 Å². The SMILES string of the molecule is C[C@H]1CN(C(=O)CCC2(C3CC3)NC(=O)NC2=O)CCN1c1ccc2ccn(C)c2c1. The minimum absolute atomic E-state index is 0.0540. The molecule has 0 bridgehead atoms. The van der Waals surface area contributed by atoms with Crippen molar-refractivity contribution in [2.24, 2.45) is 13.0 Å². The number of nitrogens with zero attached hydrogens (tertiary/aromatic N) is 3. The van der Waals surface area contributed by atoms with Crippen molar-refractivity contribution in [1.82, 2.24) is 20.1 Å². The minimum atomic E-state index is -0.898. The Morgan fingerprint density at radius 1 is 1.19 bits per heavy atom. The molecule has 8 heteroatoms. The molecule has 8 nitrogen and oxygen atoms in total. The number of anilines is 1. The Kier molecular flexibility index (Phi) is 4.68. The van der Waals surface area contributed by atoms with Gasteiger partial charge in [0, 0.05) is 56.5 Å². The second kappa shape index (κ2) is 7.28. The summed E-state index contributed by atoms with van der Waals surface area (Å²) in [4.78, 5) is 41.3. The molecule has 1 aromatic heterocycles. The molecule has 1 aliphatic carbocycles. The number of carbonyl (C=O) groups is 3. The average molecular weight is 424 g/mol. The summed E-state index contributed by atoms with van der Waals surface area (Å²) in [6.45, 7) is 4.22. The smallest absolute Gasteiger partial charge is 0.322 e. The van der Waals surface area contributed by atoms with Crippen molar-refractivity contribution in [2.75, 3.05) is 24.5 Å². The van der Waals surface area contributed by atoms with E-state index in [2.05, 4.69) is 57.5 Å². The number of hydrogen-bond donors (Lipinski definition) is 2. The molecule has 2 aromatic rings. The molecular formula is C23H29N5O3. The van der Waals surface area contributed by atoms with Crippen molar-refractivity contribution in [2.45, 2.75) is 44.2 Å². The first-order chi connectivity index (χ1) is 14.9. The summed E-state index contributed by atoms with van der Waals surface area (Å²) in [5.41, 5.74) is 1.47. The van der Waals surface area contributed by atoms with Crippen LogP contribution in [-0.4, -0.2) is 58.5 Å². The largest absolute Gasteiger partial charge is 0.365 e. The Labute approximate surface area is 181 Å². The van der Waals surface area contributed by atoms with Crippen LogP contribution in [0.1, 0.15) is 32.6 Å². The second-order valence-corrected chi connectivity index (χ2v) is 9.21. The van der Waals surface area contributed by atoms with Gasteiger partial charge in [-0.1, -0.05) is 6.07 Å². The van der Waals surface area contributed by atoms with Crippen LogP contribution in [0.5, 0.6) is 0 Å². The van der Waals surface area contributed by atoms with Gasteiger partial charge in [-0.25, -0.2) is 4.79 Å². The Bertz CT molecular complexity index is 1060. The van der Waals surface area contributed by atoms with E-state index in [1.54, 1.807) is 0 Å². The molecule has 3 aliphatic rings. The van der Waals surface area contributed by atoms with Gasteiger partial charge in [0.2, 0.25) is 5.91 Å². The normalized spacial score (nSPS) is 26.3. The van der Waals surface area contributed by atoms with E-state index in [1.807, 2.05) is 11.9 Å². The summed E-state index contributed by atoms with van der Waals surface area (Å²) in [5.74, 6) is -0.0737. The molecule has 164 valence electrons. The fourth-order valence-electron chi connectivity index (χ4n) is 5.21. The molecule has 5 rings (SSSR count). The van der Waals surface area contributed by atoms with Crippen LogP contribution in [0.3, 0.4) is 0 Å². The quantitative estimate of drug-likeness (QED) is 0.720. The number of benzene rings is 1.